The molecule has 1 aliphatic carbocycles. The molecule has 0 radical (unpaired) electrons. The fraction of sp³-hybridized carbons (Fsp3) is 0.769. The number of thiazole rings is 1. The first-order chi connectivity index (χ1) is 7.93. The number of hydrogen-bond acceptors (Lipinski definition) is 3. The predicted molar refractivity (Wildman–Crippen MR) is 68.2 cm³/mol. The molecule has 16 heavy (non-hydrogen) atoms. The van der Waals surface area contributed by atoms with Crippen molar-refractivity contribution in [3.05, 3.63) is 16.1 Å². The monoisotopic (exact) mass is 236 g/mol. The number of rotatable bonds is 2. The minimum Gasteiger partial charge on any atom is -0.317 e. The van der Waals surface area contributed by atoms with Crippen LogP contribution in [0.4, 0.5) is 0 Å². The van der Waals surface area contributed by atoms with Gasteiger partial charge in [-0.25, -0.2) is 4.98 Å². The number of nitrogens with one attached hydrogen (secondary N) is 1. The minimum atomic E-state index is 0.737. The number of piperidine rings is 1. The molecule has 0 unspecified atom stereocenters. The highest BCUT2D eigenvalue weighted by Gasteiger charge is 2.23. The van der Waals surface area contributed by atoms with Crippen molar-refractivity contribution in [1.29, 1.82) is 0 Å². The molecule has 1 aromatic heterocycles. The standard InChI is InChI=1S/C13H20N2S/c1-2-4-10(3-1)12-9-16-13(15-12)11-5-7-14-8-6-11/h9-11,14H,1-8H2. The summed E-state index contributed by atoms with van der Waals surface area (Å²) in [6.07, 6.45) is 8.11. The van der Waals surface area contributed by atoms with Crippen molar-refractivity contribution in [3.63, 3.8) is 0 Å². The highest BCUT2D eigenvalue weighted by atomic mass is 32.1. The van der Waals surface area contributed by atoms with Crippen LogP contribution in [0.5, 0.6) is 0 Å². The Balaban J connectivity index is 1.71. The molecular weight excluding hydrogens is 216 g/mol. The lowest BCUT2D eigenvalue weighted by Crippen LogP contribution is -2.26. The molecule has 1 saturated heterocycles. The van der Waals surface area contributed by atoms with Gasteiger partial charge in [0, 0.05) is 17.2 Å². The van der Waals surface area contributed by atoms with Crippen molar-refractivity contribution in [3.8, 4) is 0 Å². The molecule has 1 N–H and O–H groups in total. The fourth-order valence-electron chi connectivity index (χ4n) is 2.97. The van der Waals surface area contributed by atoms with Gasteiger partial charge in [0.05, 0.1) is 10.7 Å². The maximum atomic E-state index is 4.91. The van der Waals surface area contributed by atoms with Crippen molar-refractivity contribution >= 4 is 11.3 Å². The van der Waals surface area contributed by atoms with Gasteiger partial charge >= 0.3 is 0 Å². The Morgan fingerprint density at radius 1 is 1.06 bits per heavy atom. The third-order valence-electron chi connectivity index (χ3n) is 4.00. The summed E-state index contributed by atoms with van der Waals surface area (Å²) in [5, 5.41) is 7.16. The lowest BCUT2D eigenvalue weighted by atomic mass is 9.99. The smallest absolute Gasteiger partial charge is 0.0960 e. The first kappa shape index (κ1) is 10.7. The van der Waals surface area contributed by atoms with E-state index in [1.165, 1.54) is 62.3 Å². The lowest BCUT2D eigenvalue weighted by Gasteiger charge is -2.20. The SMILES string of the molecule is c1sc(C2CCNCC2)nc1C1CCCC1. The molecule has 0 atom stereocenters. The zero-order chi connectivity index (χ0) is 10.8. The molecule has 0 amide bonds. The molecule has 3 rings (SSSR count). The van der Waals surface area contributed by atoms with E-state index in [4.69, 9.17) is 4.98 Å². The second-order valence-corrected chi connectivity index (χ2v) is 6.01. The molecule has 1 aromatic rings. The van der Waals surface area contributed by atoms with Gasteiger partial charge in [-0.15, -0.1) is 11.3 Å². The summed E-state index contributed by atoms with van der Waals surface area (Å²) >= 11 is 1.90. The van der Waals surface area contributed by atoms with Gasteiger partial charge in [-0.1, -0.05) is 12.8 Å². The van der Waals surface area contributed by atoms with Crippen molar-refractivity contribution in [2.24, 2.45) is 0 Å². The average Bonchev–Trinajstić information content (AvgIpc) is 3.01. The van der Waals surface area contributed by atoms with Gasteiger partial charge < -0.3 is 5.32 Å². The Hall–Kier alpha value is -0.410. The van der Waals surface area contributed by atoms with Crippen LogP contribution in [-0.2, 0) is 0 Å². The Kier molecular flexibility index (Phi) is 3.25. The fourth-order valence-corrected chi connectivity index (χ4v) is 4.04. The summed E-state index contributed by atoms with van der Waals surface area (Å²) in [6.45, 7) is 2.34. The zero-order valence-electron chi connectivity index (χ0n) is 9.74. The Bertz CT molecular complexity index is 335. The van der Waals surface area contributed by atoms with Crippen LogP contribution in [0.25, 0.3) is 0 Å². The molecule has 3 heteroatoms. The van der Waals surface area contributed by atoms with E-state index in [9.17, 15) is 0 Å². The summed E-state index contributed by atoms with van der Waals surface area (Å²) < 4.78 is 0. The second-order valence-electron chi connectivity index (χ2n) is 5.12. The predicted octanol–water partition coefficient (Wildman–Crippen LogP) is 3.27. The van der Waals surface area contributed by atoms with Crippen LogP contribution in [0.15, 0.2) is 5.38 Å². The van der Waals surface area contributed by atoms with Crippen LogP contribution in [-0.4, -0.2) is 18.1 Å². The number of aromatic nitrogens is 1. The maximum absolute atomic E-state index is 4.91. The van der Waals surface area contributed by atoms with E-state index in [1.54, 1.807) is 0 Å². The lowest BCUT2D eigenvalue weighted by molar-refractivity contribution is 0.458. The largest absolute Gasteiger partial charge is 0.317 e. The van der Waals surface area contributed by atoms with Crippen LogP contribution in [0.1, 0.15) is 61.1 Å². The Morgan fingerprint density at radius 3 is 2.56 bits per heavy atom. The highest BCUT2D eigenvalue weighted by molar-refractivity contribution is 7.09. The van der Waals surface area contributed by atoms with Crippen LogP contribution in [0.3, 0.4) is 0 Å². The summed E-state index contributed by atoms with van der Waals surface area (Å²) in [5.41, 5.74) is 1.40. The second kappa shape index (κ2) is 4.84. The van der Waals surface area contributed by atoms with E-state index < -0.39 is 0 Å². The van der Waals surface area contributed by atoms with Crippen molar-refractivity contribution < 1.29 is 0 Å². The van der Waals surface area contributed by atoms with E-state index in [-0.39, 0.29) is 0 Å². The number of hydrogen-bond donors (Lipinski definition) is 1. The van der Waals surface area contributed by atoms with Crippen LogP contribution < -0.4 is 5.32 Å². The molecule has 1 aliphatic heterocycles. The van der Waals surface area contributed by atoms with Crippen molar-refractivity contribution in [2.45, 2.75) is 50.4 Å². The normalized spacial score (nSPS) is 24.0. The van der Waals surface area contributed by atoms with E-state index >= 15 is 0 Å². The van der Waals surface area contributed by atoms with E-state index in [2.05, 4.69) is 10.7 Å². The topological polar surface area (TPSA) is 24.9 Å². The zero-order valence-corrected chi connectivity index (χ0v) is 10.6. The summed E-state index contributed by atoms with van der Waals surface area (Å²) in [5.74, 6) is 1.52. The van der Waals surface area contributed by atoms with Gasteiger partial charge in [0.1, 0.15) is 0 Å². The Labute approximate surface area is 101 Å². The minimum absolute atomic E-state index is 0.737. The van der Waals surface area contributed by atoms with Crippen LogP contribution in [0, 0.1) is 0 Å². The first-order valence-electron chi connectivity index (χ1n) is 6.59. The van der Waals surface area contributed by atoms with Crippen LogP contribution >= 0.6 is 11.3 Å². The van der Waals surface area contributed by atoms with Crippen molar-refractivity contribution in [2.75, 3.05) is 13.1 Å². The van der Waals surface area contributed by atoms with E-state index in [0.29, 0.717) is 0 Å². The average molecular weight is 236 g/mol. The van der Waals surface area contributed by atoms with E-state index in [0.717, 1.165) is 11.8 Å². The Morgan fingerprint density at radius 2 is 1.81 bits per heavy atom. The van der Waals surface area contributed by atoms with Gasteiger partial charge in [-0.05, 0) is 38.8 Å². The first-order valence-corrected chi connectivity index (χ1v) is 7.47. The van der Waals surface area contributed by atoms with Gasteiger partial charge in [0.15, 0.2) is 0 Å². The third kappa shape index (κ3) is 2.16. The van der Waals surface area contributed by atoms with E-state index in [1.807, 2.05) is 11.3 Å². The molecule has 0 bridgehead atoms. The molecule has 2 nitrogen and oxygen atoms in total. The summed E-state index contributed by atoms with van der Waals surface area (Å²) in [7, 11) is 0. The highest BCUT2D eigenvalue weighted by Crippen LogP contribution is 2.36. The molecular formula is C13H20N2S. The number of nitrogens with zero attached hydrogens (tertiary/aromatic N) is 1. The van der Waals surface area contributed by atoms with Crippen molar-refractivity contribution in [1.82, 2.24) is 10.3 Å². The molecule has 0 aromatic carbocycles. The molecule has 2 heterocycles. The quantitative estimate of drug-likeness (QED) is 0.852. The van der Waals surface area contributed by atoms with Gasteiger partial charge in [-0.2, -0.15) is 0 Å². The maximum Gasteiger partial charge on any atom is 0.0960 e. The summed E-state index contributed by atoms with van der Waals surface area (Å²) in [6, 6.07) is 0. The van der Waals surface area contributed by atoms with Gasteiger partial charge in [-0.3, -0.25) is 0 Å². The molecule has 88 valence electrons. The molecule has 1 saturated carbocycles. The van der Waals surface area contributed by atoms with Gasteiger partial charge in [0.25, 0.3) is 0 Å². The molecule has 2 fully saturated rings. The third-order valence-corrected chi connectivity index (χ3v) is 5.03. The molecule has 0 spiro atoms. The molecule has 2 aliphatic rings. The van der Waals surface area contributed by atoms with Crippen LogP contribution in [0.2, 0.25) is 0 Å². The van der Waals surface area contributed by atoms with Gasteiger partial charge in [0.2, 0.25) is 0 Å². The summed E-state index contributed by atoms with van der Waals surface area (Å²) in [4.78, 5) is 4.91.